The number of para-hydroxylation sites is 2. The quantitative estimate of drug-likeness (QED) is 0.304. The summed E-state index contributed by atoms with van der Waals surface area (Å²) in [5, 5.41) is 2.54. The highest BCUT2D eigenvalue weighted by atomic mass is 35.7. The summed E-state index contributed by atoms with van der Waals surface area (Å²) in [6.07, 6.45) is 0. The van der Waals surface area contributed by atoms with Gasteiger partial charge in [-0.3, -0.25) is 0 Å². The summed E-state index contributed by atoms with van der Waals surface area (Å²) < 4.78 is 36.3. The lowest BCUT2D eigenvalue weighted by Crippen LogP contribution is -2.68. The fourth-order valence-corrected chi connectivity index (χ4v) is 2.63. The van der Waals surface area contributed by atoms with Crippen LogP contribution in [0, 0.1) is 10.2 Å². The van der Waals surface area contributed by atoms with E-state index in [0.717, 1.165) is 0 Å². The minimum absolute atomic E-state index is 1.23. The zero-order valence-electron chi connectivity index (χ0n) is 11.9. The molecule has 0 aliphatic rings. The van der Waals surface area contributed by atoms with Gasteiger partial charge in [0, 0.05) is 35.0 Å². The van der Waals surface area contributed by atoms with Crippen LogP contribution >= 0.6 is 0 Å². The van der Waals surface area contributed by atoms with Gasteiger partial charge in [-0.2, -0.15) is 4.40 Å². The minimum Gasteiger partial charge on any atom is -0.222 e. The van der Waals surface area contributed by atoms with Gasteiger partial charge < -0.3 is 0 Å². The van der Waals surface area contributed by atoms with Gasteiger partial charge in [0.15, 0.2) is 0 Å². The van der Waals surface area contributed by atoms with Gasteiger partial charge in [0.2, 0.25) is 16.6 Å². The first kappa shape index (κ1) is 15.6. The first-order valence-corrected chi connectivity index (χ1v) is 8.00. The molecule has 0 atom stereocenters. The molecule has 0 N–H and O–H groups in total. The molecule has 0 spiro atoms. The second kappa shape index (κ2) is 6.08. The van der Waals surface area contributed by atoms with Crippen molar-refractivity contribution in [2.45, 2.75) is 0 Å². The first-order chi connectivity index (χ1) is 10.9. The normalized spacial score (nSPS) is 11.5. The summed E-state index contributed by atoms with van der Waals surface area (Å²) in [4.78, 5) is 0. The molecule has 0 saturated heterocycles. The number of pyridine rings is 2. The maximum atomic E-state index is 8.49. The molecule has 2 aromatic carbocycles. The van der Waals surface area contributed by atoms with Crippen LogP contribution in [-0.4, -0.2) is 0 Å². The molecule has 4 rings (SSSR count). The number of halogens is 1. The fraction of sp³-hybridized carbons (Fsp3) is 0. The maximum absolute atomic E-state index is 8.49. The minimum atomic E-state index is -4.94. The molecule has 0 radical (unpaired) electrons. The van der Waals surface area contributed by atoms with Gasteiger partial charge in [-0.05, 0) is 24.3 Å². The Morgan fingerprint density at radius 3 is 1.39 bits per heavy atom. The number of hydrogen-bond donors (Lipinski definition) is 0. The van der Waals surface area contributed by atoms with E-state index in [-0.39, 0.29) is 0 Å². The second-order valence-electron chi connectivity index (χ2n) is 4.92. The predicted molar refractivity (Wildman–Crippen MR) is 74.6 cm³/mol. The summed E-state index contributed by atoms with van der Waals surface area (Å²) in [6.45, 7) is 0. The van der Waals surface area contributed by atoms with E-state index in [1.165, 1.54) is 27.3 Å². The number of aromatic nitrogens is 1. The number of nitrogens with zero attached hydrogens (tertiary/aromatic N) is 1. The molecule has 116 valence electrons. The van der Waals surface area contributed by atoms with Gasteiger partial charge >= 0.3 is 0 Å². The molecule has 6 heteroatoms. The molecular formula is C17H12ClNO4. The third-order valence-corrected chi connectivity index (χ3v) is 3.48. The number of fused-ring (bicyclic) bond motifs is 5. The Morgan fingerprint density at radius 1 is 0.565 bits per heavy atom. The first-order valence-electron chi connectivity index (χ1n) is 6.76. The third-order valence-electron chi connectivity index (χ3n) is 3.48. The monoisotopic (exact) mass is 329 g/mol. The average Bonchev–Trinajstić information content (AvgIpc) is 2.52. The Morgan fingerprint density at radius 2 is 0.957 bits per heavy atom. The van der Waals surface area contributed by atoms with Crippen molar-refractivity contribution in [1.82, 2.24) is 0 Å². The smallest absolute Gasteiger partial charge is 0.219 e. The Balaban J connectivity index is 0.000000276. The standard InChI is InChI=1S/C17H12N.ClHO4/c1-3-7-16-13(5-1)9-11-15-12-10-14-6-2-4-8-17(14)18(15)16;2-1(3,4)5/h1-12H;(H,2,3,4,5)/q+1;/p-1. The van der Waals surface area contributed by atoms with Crippen LogP contribution in [0.1, 0.15) is 0 Å². The Kier molecular flexibility index (Phi) is 4.12. The summed E-state index contributed by atoms with van der Waals surface area (Å²) in [5.74, 6) is 0. The topological polar surface area (TPSA) is 96.3 Å². The van der Waals surface area contributed by atoms with E-state index < -0.39 is 10.2 Å². The lowest BCUT2D eigenvalue weighted by atomic mass is 10.1. The van der Waals surface area contributed by atoms with Crippen molar-refractivity contribution in [3.63, 3.8) is 0 Å². The molecule has 23 heavy (non-hydrogen) atoms. The summed E-state index contributed by atoms with van der Waals surface area (Å²) in [7, 11) is -4.94. The predicted octanol–water partition coefficient (Wildman–Crippen LogP) is -1.02. The van der Waals surface area contributed by atoms with Crippen molar-refractivity contribution in [2.24, 2.45) is 0 Å². The van der Waals surface area contributed by atoms with Crippen LogP contribution in [0.4, 0.5) is 0 Å². The summed E-state index contributed by atoms with van der Waals surface area (Å²) >= 11 is 0. The molecule has 0 bridgehead atoms. The van der Waals surface area contributed by atoms with E-state index in [2.05, 4.69) is 77.2 Å². The molecular weight excluding hydrogens is 318 g/mol. The largest absolute Gasteiger partial charge is 0.222 e. The van der Waals surface area contributed by atoms with Gasteiger partial charge in [0.1, 0.15) is 0 Å². The molecule has 2 heterocycles. The lowest BCUT2D eigenvalue weighted by molar-refractivity contribution is -2.00. The number of rotatable bonds is 0. The summed E-state index contributed by atoms with van der Waals surface area (Å²) in [6, 6.07) is 25.7. The van der Waals surface area contributed by atoms with E-state index in [1.54, 1.807) is 0 Å². The maximum Gasteiger partial charge on any atom is 0.219 e. The second-order valence-corrected chi connectivity index (χ2v) is 5.68. The summed E-state index contributed by atoms with van der Waals surface area (Å²) in [5.41, 5.74) is 3.74. The van der Waals surface area contributed by atoms with Crippen LogP contribution in [0.15, 0.2) is 72.8 Å². The van der Waals surface area contributed by atoms with Crippen molar-refractivity contribution < 1.29 is 33.3 Å². The SMILES string of the molecule is [O-][Cl+3]([O-])([O-])[O-].c1ccc2c(c1)ccc1ccc3ccccc3[n+]12. The van der Waals surface area contributed by atoms with E-state index in [0.29, 0.717) is 0 Å². The fourth-order valence-electron chi connectivity index (χ4n) is 2.63. The van der Waals surface area contributed by atoms with E-state index in [4.69, 9.17) is 18.6 Å². The van der Waals surface area contributed by atoms with Gasteiger partial charge in [-0.25, -0.2) is 18.6 Å². The zero-order valence-corrected chi connectivity index (χ0v) is 12.6. The van der Waals surface area contributed by atoms with E-state index in [9.17, 15) is 0 Å². The van der Waals surface area contributed by atoms with Crippen LogP contribution in [0.25, 0.3) is 27.3 Å². The van der Waals surface area contributed by atoms with Gasteiger partial charge in [-0.15, -0.1) is 10.2 Å². The van der Waals surface area contributed by atoms with Crippen molar-refractivity contribution in [2.75, 3.05) is 0 Å². The van der Waals surface area contributed by atoms with Crippen molar-refractivity contribution in [3.05, 3.63) is 72.8 Å². The van der Waals surface area contributed by atoms with Crippen LogP contribution in [-0.2, 0) is 0 Å². The Bertz CT molecular complexity index is 906. The van der Waals surface area contributed by atoms with Crippen LogP contribution < -0.4 is 23.0 Å². The van der Waals surface area contributed by atoms with E-state index in [1.807, 2.05) is 0 Å². The van der Waals surface area contributed by atoms with Gasteiger partial charge in [0.05, 0.1) is 0 Å². The molecule has 0 saturated carbocycles. The molecule has 5 nitrogen and oxygen atoms in total. The molecule has 2 aromatic heterocycles. The molecule has 0 amide bonds. The molecule has 0 unspecified atom stereocenters. The highest BCUT2D eigenvalue weighted by molar-refractivity contribution is 5.83. The van der Waals surface area contributed by atoms with Crippen LogP contribution in [0.2, 0.25) is 0 Å². The molecule has 0 aliphatic heterocycles. The highest BCUT2D eigenvalue weighted by Crippen LogP contribution is 2.16. The van der Waals surface area contributed by atoms with E-state index >= 15 is 0 Å². The highest BCUT2D eigenvalue weighted by Gasteiger charge is 2.12. The van der Waals surface area contributed by atoms with Gasteiger partial charge in [0.25, 0.3) is 0 Å². The van der Waals surface area contributed by atoms with Gasteiger partial charge in [-0.1, -0.05) is 24.3 Å². The molecule has 0 aliphatic carbocycles. The molecule has 0 fully saturated rings. The zero-order chi connectivity index (χ0) is 16.4. The van der Waals surface area contributed by atoms with Crippen molar-refractivity contribution in [3.8, 4) is 0 Å². The lowest BCUT2D eigenvalue weighted by Gasteiger charge is -2.17. The van der Waals surface area contributed by atoms with Crippen LogP contribution in [0.3, 0.4) is 0 Å². The third kappa shape index (κ3) is 3.56. The van der Waals surface area contributed by atoms with Crippen molar-refractivity contribution in [1.29, 1.82) is 0 Å². The van der Waals surface area contributed by atoms with Crippen molar-refractivity contribution >= 4 is 27.3 Å². The Hall–Kier alpha value is -2.28. The van der Waals surface area contributed by atoms with Crippen LogP contribution in [0.5, 0.6) is 0 Å². The average molecular weight is 330 g/mol. The molecule has 4 aromatic rings. The number of benzene rings is 2. The Labute approximate surface area is 134 Å². The number of hydrogen-bond acceptors (Lipinski definition) is 4.